The first-order chi connectivity index (χ1) is 10.5. The van der Waals surface area contributed by atoms with E-state index in [1.165, 1.54) is 24.3 Å². The van der Waals surface area contributed by atoms with Crippen molar-refractivity contribution in [3.8, 4) is 0 Å². The highest BCUT2D eigenvalue weighted by Gasteiger charge is 2.27. The highest BCUT2D eigenvalue weighted by Crippen LogP contribution is 2.19. The number of aryl methyl sites for hydroxylation is 1. The number of benzene rings is 1. The highest BCUT2D eigenvalue weighted by atomic mass is 19.1. The molecule has 0 aromatic heterocycles. The molecule has 0 saturated carbocycles. The van der Waals surface area contributed by atoms with Gasteiger partial charge in [0.1, 0.15) is 11.9 Å². The molecule has 0 spiro atoms. The van der Waals surface area contributed by atoms with Crippen LogP contribution in [0.1, 0.15) is 18.4 Å². The molecule has 1 aliphatic heterocycles. The second-order valence-electron chi connectivity index (χ2n) is 5.26. The Morgan fingerprint density at radius 1 is 1.41 bits per heavy atom. The van der Waals surface area contributed by atoms with Crippen LogP contribution in [-0.4, -0.2) is 30.6 Å². The van der Waals surface area contributed by atoms with Crippen LogP contribution in [0.15, 0.2) is 30.9 Å². The predicted molar refractivity (Wildman–Crippen MR) is 80.9 cm³/mol. The van der Waals surface area contributed by atoms with E-state index in [4.69, 9.17) is 4.74 Å². The minimum atomic E-state index is -0.568. The van der Waals surface area contributed by atoms with Crippen LogP contribution in [-0.2, 0) is 14.3 Å². The topological polar surface area (TPSA) is 67.4 Å². The van der Waals surface area contributed by atoms with E-state index in [1.54, 1.807) is 6.92 Å². The van der Waals surface area contributed by atoms with Crippen molar-refractivity contribution < 1.29 is 18.7 Å². The van der Waals surface area contributed by atoms with Crippen molar-refractivity contribution in [3.63, 3.8) is 0 Å². The number of halogens is 1. The third kappa shape index (κ3) is 4.14. The maximum atomic E-state index is 13.0. The van der Waals surface area contributed by atoms with Crippen molar-refractivity contribution in [2.24, 2.45) is 0 Å². The Kier molecular flexibility index (Phi) is 5.27. The minimum Gasteiger partial charge on any atom is -0.366 e. The molecule has 0 aliphatic carbocycles. The first-order valence-corrected chi connectivity index (χ1v) is 7.11. The SMILES string of the molecule is C=CC(=O)N[C@@H]1CC[C@@H](C(=O)Nc2ccc(F)cc2C)OC1. The Bertz CT molecular complexity index is 581. The van der Waals surface area contributed by atoms with Gasteiger partial charge in [-0.1, -0.05) is 6.58 Å². The fourth-order valence-electron chi connectivity index (χ4n) is 2.31. The van der Waals surface area contributed by atoms with Crippen LogP contribution < -0.4 is 10.6 Å². The summed E-state index contributed by atoms with van der Waals surface area (Å²) in [6.07, 6.45) is 1.80. The number of amides is 2. The fourth-order valence-corrected chi connectivity index (χ4v) is 2.31. The van der Waals surface area contributed by atoms with Gasteiger partial charge in [0.25, 0.3) is 5.91 Å². The first-order valence-electron chi connectivity index (χ1n) is 7.11. The molecule has 0 radical (unpaired) electrons. The van der Waals surface area contributed by atoms with Gasteiger partial charge in [0.05, 0.1) is 12.6 Å². The predicted octanol–water partition coefficient (Wildman–Crippen LogP) is 1.92. The summed E-state index contributed by atoms with van der Waals surface area (Å²) in [4.78, 5) is 23.4. The van der Waals surface area contributed by atoms with Gasteiger partial charge in [0, 0.05) is 5.69 Å². The van der Waals surface area contributed by atoms with Gasteiger partial charge in [-0.3, -0.25) is 9.59 Å². The van der Waals surface area contributed by atoms with Crippen molar-refractivity contribution in [1.82, 2.24) is 5.32 Å². The van der Waals surface area contributed by atoms with E-state index < -0.39 is 6.10 Å². The van der Waals surface area contributed by atoms with E-state index >= 15 is 0 Å². The van der Waals surface area contributed by atoms with Crippen LogP contribution >= 0.6 is 0 Å². The summed E-state index contributed by atoms with van der Waals surface area (Å²) in [5.41, 5.74) is 1.22. The second kappa shape index (κ2) is 7.17. The molecule has 2 rings (SSSR count). The summed E-state index contributed by atoms with van der Waals surface area (Å²) in [5, 5.41) is 5.48. The molecule has 5 nitrogen and oxygen atoms in total. The molecule has 6 heteroatoms. The molecule has 118 valence electrons. The number of carbonyl (C=O) groups excluding carboxylic acids is 2. The zero-order valence-corrected chi connectivity index (χ0v) is 12.4. The fraction of sp³-hybridized carbons (Fsp3) is 0.375. The third-order valence-corrected chi connectivity index (χ3v) is 3.55. The van der Waals surface area contributed by atoms with Crippen LogP contribution in [0.25, 0.3) is 0 Å². The molecule has 22 heavy (non-hydrogen) atoms. The number of nitrogens with one attached hydrogen (secondary N) is 2. The Hall–Kier alpha value is -2.21. The number of anilines is 1. The number of hydrogen-bond donors (Lipinski definition) is 2. The highest BCUT2D eigenvalue weighted by molar-refractivity contribution is 5.94. The summed E-state index contributed by atoms with van der Waals surface area (Å²) < 4.78 is 18.5. The Morgan fingerprint density at radius 2 is 2.18 bits per heavy atom. The molecule has 2 N–H and O–H groups in total. The maximum absolute atomic E-state index is 13.0. The number of ether oxygens (including phenoxy) is 1. The van der Waals surface area contributed by atoms with Crippen LogP contribution in [0.4, 0.5) is 10.1 Å². The lowest BCUT2D eigenvalue weighted by Crippen LogP contribution is -2.45. The molecular weight excluding hydrogens is 287 g/mol. The van der Waals surface area contributed by atoms with E-state index in [1.807, 2.05) is 0 Å². The number of carbonyl (C=O) groups is 2. The molecule has 2 atom stereocenters. The number of hydrogen-bond acceptors (Lipinski definition) is 3. The van der Waals surface area contributed by atoms with Gasteiger partial charge >= 0.3 is 0 Å². The van der Waals surface area contributed by atoms with Gasteiger partial charge < -0.3 is 15.4 Å². The van der Waals surface area contributed by atoms with Crippen LogP contribution in [0.3, 0.4) is 0 Å². The van der Waals surface area contributed by atoms with Crippen molar-refractivity contribution >= 4 is 17.5 Å². The quantitative estimate of drug-likeness (QED) is 0.835. The van der Waals surface area contributed by atoms with Crippen molar-refractivity contribution in [1.29, 1.82) is 0 Å². The molecule has 1 aromatic rings. The lowest BCUT2D eigenvalue weighted by molar-refractivity contribution is -0.131. The lowest BCUT2D eigenvalue weighted by atomic mass is 10.0. The van der Waals surface area contributed by atoms with Gasteiger partial charge in [0.15, 0.2) is 0 Å². The molecule has 1 aliphatic rings. The van der Waals surface area contributed by atoms with Crippen molar-refractivity contribution in [3.05, 3.63) is 42.2 Å². The van der Waals surface area contributed by atoms with E-state index in [0.29, 0.717) is 24.1 Å². The maximum Gasteiger partial charge on any atom is 0.253 e. The van der Waals surface area contributed by atoms with E-state index in [9.17, 15) is 14.0 Å². The van der Waals surface area contributed by atoms with E-state index in [2.05, 4.69) is 17.2 Å². The Labute approximate surface area is 128 Å². The number of rotatable bonds is 4. The molecule has 2 amide bonds. The largest absolute Gasteiger partial charge is 0.366 e. The summed E-state index contributed by atoms with van der Waals surface area (Å²) in [5.74, 6) is -0.855. The standard InChI is InChI=1S/C16H19FN2O3/c1-3-15(20)18-12-5-7-14(22-9-12)16(21)19-13-6-4-11(17)8-10(13)2/h3-4,6,8,12,14H,1,5,7,9H2,2H3,(H,18,20)(H,19,21)/t12-,14+/m1/s1. The molecule has 1 aromatic carbocycles. The average Bonchev–Trinajstić information content (AvgIpc) is 2.50. The summed E-state index contributed by atoms with van der Waals surface area (Å²) in [6.45, 7) is 5.39. The van der Waals surface area contributed by atoms with Crippen molar-refractivity contribution in [2.45, 2.75) is 31.9 Å². The zero-order valence-electron chi connectivity index (χ0n) is 12.4. The first kappa shape index (κ1) is 16.2. The smallest absolute Gasteiger partial charge is 0.253 e. The van der Waals surface area contributed by atoms with Crippen LogP contribution in [0.5, 0.6) is 0 Å². The molecule has 0 unspecified atom stereocenters. The third-order valence-electron chi connectivity index (χ3n) is 3.55. The molecule has 1 saturated heterocycles. The van der Waals surface area contributed by atoms with Gasteiger partial charge in [-0.05, 0) is 49.6 Å². The monoisotopic (exact) mass is 306 g/mol. The zero-order chi connectivity index (χ0) is 16.1. The molecular formula is C16H19FN2O3. The van der Waals surface area contributed by atoms with E-state index in [-0.39, 0.29) is 30.3 Å². The van der Waals surface area contributed by atoms with Crippen molar-refractivity contribution in [2.75, 3.05) is 11.9 Å². The van der Waals surface area contributed by atoms with Gasteiger partial charge in [0.2, 0.25) is 5.91 Å². The van der Waals surface area contributed by atoms with Crippen LogP contribution in [0.2, 0.25) is 0 Å². The second-order valence-corrected chi connectivity index (χ2v) is 5.26. The summed E-state index contributed by atoms with van der Waals surface area (Å²) >= 11 is 0. The Balaban J connectivity index is 1.87. The van der Waals surface area contributed by atoms with Gasteiger partial charge in [-0.2, -0.15) is 0 Å². The molecule has 0 bridgehead atoms. The normalized spacial score (nSPS) is 21.0. The lowest BCUT2D eigenvalue weighted by Gasteiger charge is -2.28. The Morgan fingerprint density at radius 3 is 2.77 bits per heavy atom. The van der Waals surface area contributed by atoms with Gasteiger partial charge in [-0.25, -0.2) is 4.39 Å². The summed E-state index contributed by atoms with van der Waals surface area (Å²) in [7, 11) is 0. The molecule has 1 fully saturated rings. The summed E-state index contributed by atoms with van der Waals surface area (Å²) in [6, 6.07) is 4.07. The van der Waals surface area contributed by atoms with Gasteiger partial charge in [-0.15, -0.1) is 0 Å². The molecule has 1 heterocycles. The minimum absolute atomic E-state index is 0.109. The van der Waals surface area contributed by atoms with E-state index in [0.717, 1.165) is 0 Å². The average molecular weight is 306 g/mol. The van der Waals surface area contributed by atoms with Crippen LogP contribution in [0, 0.1) is 12.7 Å².